The zero-order chi connectivity index (χ0) is 26.3. The van der Waals surface area contributed by atoms with Crippen LogP contribution in [0.15, 0.2) is 72.9 Å². The number of para-hydroxylation sites is 1. The Hall–Kier alpha value is -4.15. The number of carbonyl (C=O) groups is 2. The molecule has 4 nitrogen and oxygen atoms in total. The number of carbonyl (C=O) groups excluding carboxylic acids is 2. The summed E-state index contributed by atoms with van der Waals surface area (Å²) < 4.78 is 93.5. The Morgan fingerprint density at radius 2 is 1.39 bits per heavy atom. The molecule has 11 heteroatoms. The molecule has 0 unspecified atom stereocenters. The van der Waals surface area contributed by atoms with E-state index in [1.807, 2.05) is 5.32 Å². The van der Waals surface area contributed by atoms with Crippen molar-refractivity contribution in [2.24, 2.45) is 0 Å². The van der Waals surface area contributed by atoms with Crippen molar-refractivity contribution >= 4 is 28.3 Å². The first-order valence-corrected chi connectivity index (χ1v) is 10.3. The van der Waals surface area contributed by atoms with Gasteiger partial charge >= 0.3 is 12.4 Å². The molecule has 4 rings (SSSR count). The molecule has 1 aromatic heterocycles. The number of aromatic nitrogens is 1. The van der Waals surface area contributed by atoms with Gasteiger partial charge in [-0.3, -0.25) is 9.59 Å². The summed E-state index contributed by atoms with van der Waals surface area (Å²) in [6.07, 6.45) is -8.87. The summed E-state index contributed by atoms with van der Waals surface area (Å²) >= 11 is 0. The van der Waals surface area contributed by atoms with Crippen molar-refractivity contribution in [1.82, 2.24) is 4.57 Å². The van der Waals surface area contributed by atoms with Gasteiger partial charge in [-0.25, -0.2) is 4.39 Å². The van der Waals surface area contributed by atoms with Crippen molar-refractivity contribution in [2.45, 2.75) is 18.9 Å². The minimum Gasteiger partial charge on any atom is -0.342 e. The zero-order valence-electron chi connectivity index (χ0n) is 18.0. The van der Waals surface area contributed by atoms with Gasteiger partial charge in [0.05, 0.1) is 16.7 Å². The molecule has 0 aliphatic heterocycles. The third kappa shape index (κ3) is 5.24. The summed E-state index contributed by atoms with van der Waals surface area (Å²) in [5.41, 5.74) is -2.97. The van der Waals surface area contributed by atoms with Crippen molar-refractivity contribution in [2.75, 3.05) is 5.32 Å². The molecule has 0 aliphatic carbocycles. The molecule has 36 heavy (non-hydrogen) atoms. The largest absolute Gasteiger partial charge is 0.416 e. The van der Waals surface area contributed by atoms with Gasteiger partial charge in [0, 0.05) is 29.3 Å². The monoisotopic (exact) mass is 508 g/mol. The SMILES string of the molecule is O=C(Nc1cc(C(F)(F)F)cc(C(F)(F)F)c1)C(=O)c1cn(Cc2ccc(F)cc2)c2ccccc12. The summed E-state index contributed by atoms with van der Waals surface area (Å²) in [6.45, 7) is 0.207. The lowest BCUT2D eigenvalue weighted by molar-refractivity contribution is -0.143. The number of benzene rings is 3. The van der Waals surface area contributed by atoms with Gasteiger partial charge in [-0.15, -0.1) is 0 Å². The van der Waals surface area contributed by atoms with E-state index in [0.717, 1.165) is 0 Å². The number of Topliss-reactive ketones (excluding diaryl/α,β-unsaturated/α-hetero) is 1. The highest BCUT2D eigenvalue weighted by molar-refractivity contribution is 6.48. The number of alkyl halides is 6. The lowest BCUT2D eigenvalue weighted by Crippen LogP contribution is -2.23. The number of amides is 1. The number of ketones is 1. The maximum Gasteiger partial charge on any atom is 0.416 e. The van der Waals surface area contributed by atoms with Crippen LogP contribution in [0.2, 0.25) is 0 Å². The van der Waals surface area contributed by atoms with Crippen molar-refractivity contribution in [3.8, 4) is 0 Å². The van der Waals surface area contributed by atoms with Crippen LogP contribution in [0, 0.1) is 5.82 Å². The normalized spacial score (nSPS) is 12.1. The van der Waals surface area contributed by atoms with Gasteiger partial charge < -0.3 is 9.88 Å². The summed E-state index contributed by atoms with van der Waals surface area (Å²) in [4.78, 5) is 25.5. The molecule has 1 heterocycles. The van der Waals surface area contributed by atoms with Crippen LogP contribution in [0.3, 0.4) is 0 Å². The maximum absolute atomic E-state index is 13.2. The van der Waals surface area contributed by atoms with E-state index >= 15 is 0 Å². The number of halogens is 7. The minimum absolute atomic E-state index is 0.0828. The fourth-order valence-electron chi connectivity index (χ4n) is 3.68. The lowest BCUT2D eigenvalue weighted by atomic mass is 10.1. The van der Waals surface area contributed by atoms with E-state index in [4.69, 9.17) is 0 Å². The third-order valence-corrected chi connectivity index (χ3v) is 5.35. The van der Waals surface area contributed by atoms with Crippen molar-refractivity contribution in [1.29, 1.82) is 0 Å². The molecule has 0 saturated heterocycles. The first-order valence-electron chi connectivity index (χ1n) is 10.3. The number of hydrogen-bond donors (Lipinski definition) is 1. The van der Waals surface area contributed by atoms with Gasteiger partial charge in [-0.1, -0.05) is 30.3 Å². The molecule has 0 aliphatic rings. The Balaban J connectivity index is 1.66. The second-order valence-corrected chi connectivity index (χ2v) is 7.89. The minimum atomic E-state index is -5.11. The molecule has 0 fully saturated rings. The van der Waals surface area contributed by atoms with Crippen LogP contribution >= 0.6 is 0 Å². The van der Waals surface area contributed by atoms with Crippen LogP contribution in [-0.4, -0.2) is 16.3 Å². The summed E-state index contributed by atoms with van der Waals surface area (Å²) in [5, 5.41) is 2.20. The van der Waals surface area contributed by atoms with Gasteiger partial charge in [-0.05, 0) is 42.0 Å². The lowest BCUT2D eigenvalue weighted by Gasteiger charge is -2.14. The zero-order valence-corrected chi connectivity index (χ0v) is 18.0. The summed E-state index contributed by atoms with van der Waals surface area (Å²) in [7, 11) is 0. The average molecular weight is 508 g/mol. The predicted molar refractivity (Wildman–Crippen MR) is 117 cm³/mol. The van der Waals surface area contributed by atoms with Gasteiger partial charge in [0.2, 0.25) is 0 Å². The first-order chi connectivity index (χ1) is 16.8. The Bertz CT molecular complexity index is 1420. The molecular weight excluding hydrogens is 493 g/mol. The van der Waals surface area contributed by atoms with E-state index in [1.54, 1.807) is 28.8 Å². The Labute approximate surface area is 199 Å². The van der Waals surface area contributed by atoms with Crippen molar-refractivity contribution < 1.29 is 40.3 Å². The van der Waals surface area contributed by atoms with E-state index in [9.17, 15) is 40.3 Å². The molecule has 1 N–H and O–H groups in total. The number of fused-ring (bicyclic) bond motifs is 1. The van der Waals surface area contributed by atoms with Crippen LogP contribution in [0.1, 0.15) is 27.0 Å². The quantitative estimate of drug-likeness (QED) is 0.186. The first kappa shape index (κ1) is 25.0. The Morgan fingerprint density at radius 3 is 1.97 bits per heavy atom. The molecule has 0 spiro atoms. The molecule has 4 aromatic rings. The Kier molecular flexibility index (Phi) is 6.33. The highest BCUT2D eigenvalue weighted by Crippen LogP contribution is 2.37. The molecule has 0 saturated carbocycles. The second-order valence-electron chi connectivity index (χ2n) is 7.89. The molecular formula is C25H15F7N2O2. The highest BCUT2D eigenvalue weighted by Gasteiger charge is 2.37. The van der Waals surface area contributed by atoms with Gasteiger partial charge in [0.15, 0.2) is 0 Å². The molecule has 3 aromatic carbocycles. The Morgan fingerprint density at radius 1 is 0.806 bits per heavy atom. The number of hydrogen-bond acceptors (Lipinski definition) is 2. The number of anilines is 1. The average Bonchev–Trinajstić information content (AvgIpc) is 3.17. The van der Waals surface area contributed by atoms with Gasteiger partial charge in [0.25, 0.3) is 11.7 Å². The third-order valence-electron chi connectivity index (χ3n) is 5.35. The molecule has 0 atom stereocenters. The van der Waals surface area contributed by atoms with E-state index in [1.165, 1.54) is 30.5 Å². The number of rotatable bonds is 5. The van der Waals surface area contributed by atoms with Crippen LogP contribution in [0.5, 0.6) is 0 Å². The number of nitrogens with one attached hydrogen (secondary N) is 1. The van der Waals surface area contributed by atoms with Crippen molar-refractivity contribution in [3.05, 3.63) is 101 Å². The highest BCUT2D eigenvalue weighted by atomic mass is 19.4. The van der Waals surface area contributed by atoms with E-state index < -0.39 is 46.7 Å². The number of nitrogens with zero attached hydrogens (tertiary/aromatic N) is 1. The standard InChI is InChI=1S/C25H15F7N2O2/c26-17-7-5-14(6-8-17)12-34-13-20(19-3-1-2-4-21(19)34)22(35)23(36)33-18-10-15(24(27,28)29)9-16(11-18)25(30,31)32/h1-11,13H,12H2,(H,33,36). The van der Waals surface area contributed by atoms with E-state index in [-0.39, 0.29) is 18.2 Å². The van der Waals surface area contributed by atoms with Crippen LogP contribution in [0.25, 0.3) is 10.9 Å². The van der Waals surface area contributed by atoms with Gasteiger partial charge in [0.1, 0.15) is 5.82 Å². The van der Waals surface area contributed by atoms with Gasteiger partial charge in [-0.2, -0.15) is 26.3 Å². The molecule has 1 amide bonds. The second kappa shape index (κ2) is 9.14. The fourth-order valence-corrected chi connectivity index (χ4v) is 3.68. The molecule has 186 valence electrons. The molecule has 0 bridgehead atoms. The fraction of sp³-hybridized carbons (Fsp3) is 0.120. The summed E-state index contributed by atoms with van der Waals surface area (Å²) in [6, 6.07) is 12.6. The van der Waals surface area contributed by atoms with Crippen molar-refractivity contribution in [3.63, 3.8) is 0 Å². The smallest absolute Gasteiger partial charge is 0.342 e. The summed E-state index contributed by atoms with van der Waals surface area (Å²) in [5.74, 6) is -3.01. The topological polar surface area (TPSA) is 51.1 Å². The van der Waals surface area contributed by atoms with Crippen LogP contribution in [-0.2, 0) is 23.7 Å². The molecule has 0 radical (unpaired) electrons. The van der Waals surface area contributed by atoms with E-state index in [0.29, 0.717) is 28.6 Å². The predicted octanol–water partition coefficient (Wildman–Crippen LogP) is 6.69. The van der Waals surface area contributed by atoms with Crippen LogP contribution in [0.4, 0.5) is 36.4 Å². The van der Waals surface area contributed by atoms with E-state index in [2.05, 4.69) is 0 Å². The maximum atomic E-state index is 13.2. The van der Waals surface area contributed by atoms with Crippen LogP contribution < -0.4 is 5.32 Å².